The number of rotatable bonds is 5. The van der Waals surface area contributed by atoms with Gasteiger partial charge in [-0.2, -0.15) is 0 Å². The lowest BCUT2D eigenvalue weighted by molar-refractivity contribution is 0.600. The molecule has 9 heteroatoms. The first-order valence-electron chi connectivity index (χ1n) is 11.0. The zero-order chi connectivity index (χ0) is 22.9. The third-order valence-electron chi connectivity index (χ3n) is 5.71. The Bertz CT molecular complexity index is 1340. The molecule has 0 atom stereocenters. The predicted octanol–water partition coefficient (Wildman–Crippen LogP) is 4.43. The molecule has 4 heterocycles. The highest BCUT2D eigenvalue weighted by atomic mass is 19.1. The highest BCUT2D eigenvalue weighted by Crippen LogP contribution is 2.29. The molecule has 1 aliphatic heterocycles. The second kappa shape index (κ2) is 8.67. The summed E-state index contributed by atoms with van der Waals surface area (Å²) in [6.07, 6.45) is 7.98. The molecule has 0 radical (unpaired) electrons. The van der Waals surface area contributed by atoms with E-state index in [9.17, 15) is 4.39 Å². The number of nitrogens with one attached hydrogen (secondary N) is 2. The third kappa shape index (κ3) is 4.19. The highest BCUT2D eigenvalue weighted by molar-refractivity contribution is 5.83. The fourth-order valence-corrected chi connectivity index (χ4v) is 4.20. The first kappa shape index (κ1) is 21.1. The minimum Gasteiger partial charge on any atom is -0.326 e. The molecule has 0 unspecified atom stereocenters. The van der Waals surface area contributed by atoms with E-state index < -0.39 is 0 Å². The Morgan fingerprint density at radius 3 is 2.64 bits per heavy atom. The molecule has 0 bridgehead atoms. The average molecular weight is 445 g/mol. The van der Waals surface area contributed by atoms with Gasteiger partial charge in [-0.3, -0.25) is 4.98 Å². The molecule has 168 valence electrons. The quantitative estimate of drug-likeness (QED) is 0.470. The van der Waals surface area contributed by atoms with Crippen molar-refractivity contribution in [3.05, 3.63) is 60.3 Å². The number of aromatic nitrogens is 6. The van der Waals surface area contributed by atoms with E-state index in [1.54, 1.807) is 18.5 Å². The van der Waals surface area contributed by atoms with Crippen molar-refractivity contribution in [3.63, 3.8) is 0 Å². The van der Waals surface area contributed by atoms with Gasteiger partial charge in [-0.05, 0) is 51.4 Å². The fraction of sp³-hybridized carbons (Fsp3) is 0.292. The maximum atomic E-state index is 14.9. The average Bonchev–Trinajstić information content (AvgIpc) is 3.17. The second-order valence-corrected chi connectivity index (χ2v) is 8.33. The summed E-state index contributed by atoms with van der Waals surface area (Å²) in [6, 6.07) is 5.32. The Hall–Kier alpha value is -3.72. The highest BCUT2D eigenvalue weighted by Gasteiger charge is 2.16. The van der Waals surface area contributed by atoms with Gasteiger partial charge in [0, 0.05) is 24.2 Å². The summed E-state index contributed by atoms with van der Waals surface area (Å²) in [6.45, 7) is 7.80. The van der Waals surface area contributed by atoms with Gasteiger partial charge in [0.2, 0.25) is 0 Å². The van der Waals surface area contributed by atoms with Crippen LogP contribution < -0.4 is 10.6 Å². The Balaban J connectivity index is 1.43. The Labute approximate surface area is 191 Å². The Kier molecular flexibility index (Phi) is 5.55. The largest absolute Gasteiger partial charge is 0.326 e. The van der Waals surface area contributed by atoms with Crippen molar-refractivity contribution < 1.29 is 4.39 Å². The van der Waals surface area contributed by atoms with Crippen molar-refractivity contribution in [1.82, 2.24) is 34.8 Å². The van der Waals surface area contributed by atoms with E-state index in [4.69, 9.17) is 0 Å². The summed E-state index contributed by atoms with van der Waals surface area (Å²) in [5.74, 6) is 1.54. The molecule has 0 amide bonds. The normalized spacial score (nSPS) is 14.0. The van der Waals surface area contributed by atoms with Crippen molar-refractivity contribution in [1.29, 1.82) is 0 Å². The Morgan fingerprint density at radius 2 is 1.91 bits per heavy atom. The number of hydrogen-bond acceptors (Lipinski definition) is 7. The molecule has 1 aliphatic rings. The fourth-order valence-electron chi connectivity index (χ4n) is 4.20. The summed E-state index contributed by atoms with van der Waals surface area (Å²) in [5, 5.41) is 6.45. The van der Waals surface area contributed by atoms with Gasteiger partial charge in [-0.25, -0.2) is 24.3 Å². The number of anilines is 2. The standard InChI is InChI=1S/C24H25FN8/c1-14(2)33-15(3)31-24-18(25)8-17(9-21(24)33)19-10-22(30-13-29-19)32-23-12-27-20(11-28-23)16-4-6-26-7-5-16/h4,8-14,26H,5-7H2,1-3H3,(H,28,29,30,32). The van der Waals surface area contributed by atoms with Crippen molar-refractivity contribution in [2.45, 2.75) is 33.2 Å². The van der Waals surface area contributed by atoms with Gasteiger partial charge in [0.05, 0.1) is 29.3 Å². The number of imidazole rings is 1. The molecule has 0 saturated carbocycles. The number of halogens is 1. The first-order chi connectivity index (χ1) is 16.0. The summed E-state index contributed by atoms with van der Waals surface area (Å²) in [7, 11) is 0. The summed E-state index contributed by atoms with van der Waals surface area (Å²) in [4.78, 5) is 22.1. The molecule has 8 nitrogen and oxygen atoms in total. The molecule has 1 aromatic carbocycles. The van der Waals surface area contributed by atoms with Crippen LogP contribution in [0.1, 0.15) is 37.8 Å². The second-order valence-electron chi connectivity index (χ2n) is 8.33. The van der Waals surface area contributed by atoms with Gasteiger partial charge in [-0.1, -0.05) is 6.08 Å². The number of benzene rings is 1. The lowest BCUT2D eigenvalue weighted by Crippen LogP contribution is -2.20. The number of aryl methyl sites for hydroxylation is 1. The smallest absolute Gasteiger partial charge is 0.151 e. The van der Waals surface area contributed by atoms with Gasteiger partial charge in [0.25, 0.3) is 0 Å². The van der Waals surface area contributed by atoms with Crippen LogP contribution in [0.25, 0.3) is 27.9 Å². The van der Waals surface area contributed by atoms with Crippen molar-refractivity contribution in [2.75, 3.05) is 18.4 Å². The number of fused-ring (bicyclic) bond motifs is 1. The van der Waals surface area contributed by atoms with Crippen LogP contribution in [0.15, 0.2) is 43.0 Å². The van der Waals surface area contributed by atoms with Crippen LogP contribution in [-0.2, 0) is 0 Å². The predicted molar refractivity (Wildman–Crippen MR) is 127 cm³/mol. The molecule has 0 aliphatic carbocycles. The van der Waals surface area contributed by atoms with Gasteiger partial charge in [0.1, 0.15) is 29.3 Å². The van der Waals surface area contributed by atoms with Crippen LogP contribution in [0.5, 0.6) is 0 Å². The van der Waals surface area contributed by atoms with Crippen LogP contribution >= 0.6 is 0 Å². The summed E-state index contributed by atoms with van der Waals surface area (Å²) in [5.41, 5.74) is 4.46. The van der Waals surface area contributed by atoms with Crippen molar-refractivity contribution >= 4 is 28.2 Å². The third-order valence-corrected chi connectivity index (χ3v) is 5.71. The van der Waals surface area contributed by atoms with E-state index in [1.165, 1.54) is 18.0 Å². The van der Waals surface area contributed by atoms with Crippen molar-refractivity contribution in [3.8, 4) is 11.3 Å². The number of nitrogens with zero attached hydrogens (tertiary/aromatic N) is 6. The van der Waals surface area contributed by atoms with E-state index in [0.717, 1.165) is 36.5 Å². The van der Waals surface area contributed by atoms with E-state index in [0.29, 0.717) is 28.4 Å². The molecule has 4 aromatic rings. The molecule has 33 heavy (non-hydrogen) atoms. The minimum atomic E-state index is -0.369. The van der Waals surface area contributed by atoms with Crippen LogP contribution in [0.2, 0.25) is 0 Å². The number of hydrogen-bond donors (Lipinski definition) is 2. The maximum absolute atomic E-state index is 14.9. The summed E-state index contributed by atoms with van der Waals surface area (Å²) < 4.78 is 16.9. The molecule has 3 aromatic heterocycles. The molecule has 0 saturated heterocycles. The lowest BCUT2D eigenvalue weighted by atomic mass is 10.1. The first-order valence-corrected chi connectivity index (χ1v) is 11.0. The molecular weight excluding hydrogens is 419 g/mol. The molecule has 0 spiro atoms. The van der Waals surface area contributed by atoms with Gasteiger partial charge in [-0.15, -0.1) is 0 Å². The molecule has 0 fully saturated rings. The molecule has 5 rings (SSSR count). The Morgan fingerprint density at radius 1 is 1.03 bits per heavy atom. The van der Waals surface area contributed by atoms with E-state index in [2.05, 4.69) is 55.5 Å². The van der Waals surface area contributed by atoms with Crippen LogP contribution in [-0.4, -0.2) is 42.6 Å². The van der Waals surface area contributed by atoms with E-state index in [1.807, 2.05) is 17.6 Å². The zero-order valence-corrected chi connectivity index (χ0v) is 18.8. The minimum absolute atomic E-state index is 0.162. The van der Waals surface area contributed by atoms with Gasteiger partial charge < -0.3 is 15.2 Å². The summed E-state index contributed by atoms with van der Waals surface area (Å²) >= 11 is 0. The van der Waals surface area contributed by atoms with E-state index >= 15 is 0 Å². The SMILES string of the molecule is Cc1nc2c(F)cc(-c3cc(Nc4cnc(C5=CCNCC5)cn4)ncn3)cc2n1C(C)C. The molecular formula is C24H25FN8. The molecule has 2 N–H and O–H groups in total. The monoisotopic (exact) mass is 444 g/mol. The van der Waals surface area contributed by atoms with Crippen LogP contribution in [0.4, 0.5) is 16.0 Å². The topological polar surface area (TPSA) is 93.4 Å². The maximum Gasteiger partial charge on any atom is 0.151 e. The van der Waals surface area contributed by atoms with Crippen LogP contribution in [0, 0.1) is 12.7 Å². The van der Waals surface area contributed by atoms with Gasteiger partial charge in [0.15, 0.2) is 5.82 Å². The lowest BCUT2D eigenvalue weighted by Gasteiger charge is -2.13. The zero-order valence-electron chi connectivity index (χ0n) is 18.8. The van der Waals surface area contributed by atoms with Gasteiger partial charge >= 0.3 is 0 Å². The van der Waals surface area contributed by atoms with E-state index in [-0.39, 0.29) is 11.9 Å². The van der Waals surface area contributed by atoms with Crippen LogP contribution in [0.3, 0.4) is 0 Å². The van der Waals surface area contributed by atoms with Crippen molar-refractivity contribution in [2.24, 2.45) is 0 Å².